The van der Waals surface area contributed by atoms with Gasteiger partial charge in [0.05, 0.1) is 0 Å². The van der Waals surface area contributed by atoms with Crippen molar-refractivity contribution in [3.05, 3.63) is 52.5 Å². The number of halogens is 1. The fourth-order valence-electron chi connectivity index (χ4n) is 2.70. The lowest BCUT2D eigenvalue weighted by Crippen LogP contribution is -2.31. The predicted molar refractivity (Wildman–Crippen MR) is 90.6 cm³/mol. The molecule has 1 unspecified atom stereocenters. The molecule has 0 aromatic heterocycles. The molecular formula is C18H18ClNO4. The minimum Gasteiger partial charge on any atom is -0.485 e. The van der Waals surface area contributed by atoms with Crippen molar-refractivity contribution in [1.29, 1.82) is 0 Å². The maximum atomic E-state index is 11.2. The first-order chi connectivity index (χ1) is 11.6. The Hall–Kier alpha value is -2.24. The largest absolute Gasteiger partial charge is 0.485 e. The van der Waals surface area contributed by atoms with Crippen molar-refractivity contribution in [1.82, 2.24) is 0 Å². The number of carbonyl (C=O) groups is 1. The number of benzene rings is 2. The molecule has 3 rings (SSSR count). The molecule has 2 aromatic carbocycles. The Bertz CT molecular complexity index is 745. The Morgan fingerprint density at radius 2 is 2.04 bits per heavy atom. The van der Waals surface area contributed by atoms with E-state index in [0.29, 0.717) is 35.2 Å². The van der Waals surface area contributed by atoms with Crippen LogP contribution < -0.4 is 15.2 Å². The van der Waals surface area contributed by atoms with Gasteiger partial charge in [-0.15, -0.1) is 0 Å². The van der Waals surface area contributed by atoms with Crippen LogP contribution in [0.4, 0.5) is 0 Å². The quantitative estimate of drug-likeness (QED) is 0.858. The second-order valence-electron chi connectivity index (χ2n) is 5.54. The highest BCUT2D eigenvalue weighted by atomic mass is 35.5. The van der Waals surface area contributed by atoms with E-state index in [1.54, 1.807) is 24.3 Å². The van der Waals surface area contributed by atoms with Crippen LogP contribution >= 0.6 is 11.6 Å². The average Bonchev–Trinajstić information content (AvgIpc) is 2.56. The molecule has 0 bridgehead atoms. The van der Waals surface area contributed by atoms with Gasteiger partial charge in [-0.05, 0) is 35.9 Å². The molecule has 2 N–H and O–H groups in total. The molecule has 126 valence electrons. The number of rotatable bonds is 4. The lowest BCUT2D eigenvalue weighted by Gasteiger charge is -2.28. The Morgan fingerprint density at radius 3 is 2.71 bits per heavy atom. The van der Waals surface area contributed by atoms with Crippen molar-refractivity contribution in [3.8, 4) is 17.2 Å². The molecule has 1 aliphatic rings. The van der Waals surface area contributed by atoms with Crippen LogP contribution in [0.3, 0.4) is 0 Å². The van der Waals surface area contributed by atoms with Crippen molar-refractivity contribution >= 4 is 17.6 Å². The molecule has 5 nitrogen and oxygen atoms in total. The third-order valence-electron chi connectivity index (χ3n) is 3.76. The van der Waals surface area contributed by atoms with Crippen molar-refractivity contribution in [2.24, 2.45) is 5.73 Å². The summed E-state index contributed by atoms with van der Waals surface area (Å²) in [5, 5.41) is 0.642. The zero-order valence-corrected chi connectivity index (χ0v) is 14.0. The third-order valence-corrected chi connectivity index (χ3v) is 4.01. The summed E-state index contributed by atoms with van der Waals surface area (Å²) < 4.78 is 17.0. The van der Waals surface area contributed by atoms with Gasteiger partial charge in [0.25, 0.3) is 0 Å². The molecule has 0 amide bonds. The highest BCUT2D eigenvalue weighted by molar-refractivity contribution is 6.30. The van der Waals surface area contributed by atoms with E-state index in [0.717, 1.165) is 11.1 Å². The summed E-state index contributed by atoms with van der Waals surface area (Å²) in [7, 11) is 0. The standard InChI is InChI=1S/C18H18ClNO4/c1-11(21)23-15-8-16-12(9-20)2-7-17(18(16)22-10-15)24-14-5-3-13(19)4-6-14/h2-7,15H,8-10,20H2,1H3. The van der Waals surface area contributed by atoms with Gasteiger partial charge in [0.1, 0.15) is 18.5 Å². The van der Waals surface area contributed by atoms with Crippen LogP contribution in [0.2, 0.25) is 5.02 Å². The number of esters is 1. The molecule has 0 fully saturated rings. The van der Waals surface area contributed by atoms with E-state index in [2.05, 4.69) is 0 Å². The predicted octanol–water partition coefficient (Wildman–Crippen LogP) is 3.46. The van der Waals surface area contributed by atoms with Crippen molar-refractivity contribution in [2.75, 3.05) is 6.61 Å². The van der Waals surface area contributed by atoms with E-state index < -0.39 is 0 Å². The van der Waals surface area contributed by atoms with Gasteiger partial charge >= 0.3 is 5.97 Å². The molecule has 0 saturated carbocycles. The van der Waals surface area contributed by atoms with Gasteiger partial charge in [-0.25, -0.2) is 0 Å². The first-order valence-electron chi connectivity index (χ1n) is 7.65. The number of fused-ring (bicyclic) bond motifs is 1. The van der Waals surface area contributed by atoms with E-state index in [4.69, 9.17) is 31.5 Å². The maximum Gasteiger partial charge on any atom is 0.303 e. The van der Waals surface area contributed by atoms with Gasteiger partial charge in [-0.1, -0.05) is 17.7 Å². The van der Waals surface area contributed by atoms with E-state index in [9.17, 15) is 4.79 Å². The van der Waals surface area contributed by atoms with Gasteiger partial charge in [0.15, 0.2) is 11.5 Å². The third kappa shape index (κ3) is 3.63. The molecular weight excluding hydrogens is 330 g/mol. The molecule has 1 aliphatic heterocycles. The number of hydrogen-bond acceptors (Lipinski definition) is 5. The van der Waals surface area contributed by atoms with Crippen molar-refractivity contribution in [3.63, 3.8) is 0 Å². The average molecular weight is 348 g/mol. The molecule has 0 aliphatic carbocycles. The molecule has 0 radical (unpaired) electrons. The van der Waals surface area contributed by atoms with Crippen LogP contribution in [0.15, 0.2) is 36.4 Å². The van der Waals surface area contributed by atoms with Gasteiger partial charge < -0.3 is 19.9 Å². The van der Waals surface area contributed by atoms with Crippen LogP contribution in [0.1, 0.15) is 18.1 Å². The summed E-state index contributed by atoms with van der Waals surface area (Å²) in [6, 6.07) is 10.8. The first-order valence-corrected chi connectivity index (χ1v) is 8.03. The summed E-state index contributed by atoms with van der Waals surface area (Å²) in [6.07, 6.45) is 0.241. The van der Waals surface area contributed by atoms with Crippen LogP contribution in [-0.4, -0.2) is 18.7 Å². The van der Waals surface area contributed by atoms with E-state index in [-0.39, 0.29) is 18.7 Å². The Balaban J connectivity index is 1.90. The summed E-state index contributed by atoms with van der Waals surface area (Å²) in [5.74, 6) is 1.59. The van der Waals surface area contributed by atoms with E-state index in [1.807, 2.05) is 12.1 Å². The SMILES string of the molecule is CC(=O)OC1COc2c(Oc3ccc(Cl)cc3)ccc(CN)c2C1. The summed E-state index contributed by atoms with van der Waals surface area (Å²) in [6.45, 7) is 2.05. The topological polar surface area (TPSA) is 70.8 Å². The monoisotopic (exact) mass is 347 g/mol. The zero-order valence-electron chi connectivity index (χ0n) is 13.3. The van der Waals surface area contributed by atoms with Crippen LogP contribution in [-0.2, 0) is 22.5 Å². The summed E-state index contributed by atoms with van der Waals surface area (Å²) in [4.78, 5) is 11.2. The summed E-state index contributed by atoms with van der Waals surface area (Å²) >= 11 is 5.89. The van der Waals surface area contributed by atoms with Gasteiger partial charge in [-0.2, -0.15) is 0 Å². The maximum absolute atomic E-state index is 11.2. The number of nitrogens with two attached hydrogens (primary N) is 1. The van der Waals surface area contributed by atoms with Crippen molar-refractivity contribution < 1.29 is 19.0 Å². The van der Waals surface area contributed by atoms with Crippen LogP contribution in [0.5, 0.6) is 17.2 Å². The van der Waals surface area contributed by atoms with Gasteiger partial charge in [0.2, 0.25) is 0 Å². The minimum atomic E-state index is -0.324. The number of carbonyl (C=O) groups excluding carboxylic acids is 1. The fraction of sp³-hybridized carbons (Fsp3) is 0.278. The number of ether oxygens (including phenoxy) is 3. The molecule has 2 aromatic rings. The Morgan fingerprint density at radius 1 is 1.29 bits per heavy atom. The second kappa shape index (κ2) is 7.11. The fourth-order valence-corrected chi connectivity index (χ4v) is 2.83. The molecule has 1 atom stereocenters. The lowest BCUT2D eigenvalue weighted by atomic mass is 9.97. The van der Waals surface area contributed by atoms with E-state index in [1.165, 1.54) is 6.92 Å². The highest BCUT2D eigenvalue weighted by Gasteiger charge is 2.27. The van der Waals surface area contributed by atoms with Crippen LogP contribution in [0, 0.1) is 0 Å². The Labute approximate surface area is 145 Å². The first kappa shape index (κ1) is 16.6. The molecule has 0 spiro atoms. The van der Waals surface area contributed by atoms with Gasteiger partial charge in [0, 0.05) is 30.5 Å². The normalized spacial score (nSPS) is 16.0. The van der Waals surface area contributed by atoms with Crippen molar-refractivity contribution in [2.45, 2.75) is 26.0 Å². The van der Waals surface area contributed by atoms with Gasteiger partial charge in [-0.3, -0.25) is 4.79 Å². The van der Waals surface area contributed by atoms with Crippen LogP contribution in [0.25, 0.3) is 0 Å². The summed E-state index contributed by atoms with van der Waals surface area (Å²) in [5.41, 5.74) is 7.69. The lowest BCUT2D eigenvalue weighted by molar-refractivity contribution is -0.148. The second-order valence-corrected chi connectivity index (χ2v) is 5.97. The molecule has 0 saturated heterocycles. The smallest absolute Gasteiger partial charge is 0.303 e. The highest BCUT2D eigenvalue weighted by Crippen LogP contribution is 2.40. The molecule has 6 heteroatoms. The zero-order chi connectivity index (χ0) is 17.1. The number of hydrogen-bond donors (Lipinski definition) is 1. The molecule has 1 heterocycles. The minimum absolute atomic E-state index is 0.289. The molecule has 24 heavy (non-hydrogen) atoms. The van der Waals surface area contributed by atoms with E-state index >= 15 is 0 Å². The Kier molecular flexibility index (Phi) is 4.92.